The SMILES string of the molecule is CC(C)NC(=O)NC(=O)COC(=O)c1ccc(C2SCCCS2)cc1. The molecule has 0 atom stereocenters. The quantitative estimate of drug-likeness (QED) is 0.762. The molecule has 0 unspecified atom stereocenters. The molecule has 1 aliphatic rings. The van der Waals surface area contributed by atoms with Crippen molar-refractivity contribution in [1.29, 1.82) is 0 Å². The van der Waals surface area contributed by atoms with Crippen LogP contribution in [0.25, 0.3) is 0 Å². The molecule has 2 rings (SSSR count). The zero-order valence-corrected chi connectivity index (χ0v) is 15.9. The molecule has 0 aromatic heterocycles. The molecule has 0 bridgehead atoms. The Balaban J connectivity index is 1.80. The zero-order valence-electron chi connectivity index (χ0n) is 14.2. The number of thioether (sulfide) groups is 2. The van der Waals surface area contributed by atoms with Gasteiger partial charge in [0.25, 0.3) is 5.91 Å². The van der Waals surface area contributed by atoms with E-state index in [0.717, 1.165) is 11.5 Å². The van der Waals surface area contributed by atoms with E-state index in [0.29, 0.717) is 10.1 Å². The van der Waals surface area contributed by atoms with E-state index in [1.165, 1.54) is 12.0 Å². The topological polar surface area (TPSA) is 84.5 Å². The molecule has 136 valence electrons. The van der Waals surface area contributed by atoms with Gasteiger partial charge in [-0.05, 0) is 49.5 Å². The number of nitrogens with one attached hydrogen (secondary N) is 2. The van der Waals surface area contributed by atoms with Gasteiger partial charge in [-0.2, -0.15) is 0 Å². The van der Waals surface area contributed by atoms with Crippen molar-refractivity contribution in [3.05, 3.63) is 35.4 Å². The van der Waals surface area contributed by atoms with Gasteiger partial charge >= 0.3 is 12.0 Å². The van der Waals surface area contributed by atoms with Gasteiger partial charge in [0, 0.05) is 6.04 Å². The molecular formula is C17H22N2O4S2. The normalized spacial score (nSPS) is 14.8. The van der Waals surface area contributed by atoms with E-state index in [1.54, 1.807) is 26.0 Å². The Bertz CT molecular complexity index is 614. The van der Waals surface area contributed by atoms with Crippen LogP contribution in [0.3, 0.4) is 0 Å². The van der Waals surface area contributed by atoms with Crippen LogP contribution in [0.2, 0.25) is 0 Å². The molecule has 1 heterocycles. The number of carbonyl (C=O) groups is 3. The highest BCUT2D eigenvalue weighted by Crippen LogP contribution is 2.43. The molecule has 6 nitrogen and oxygen atoms in total. The average Bonchev–Trinajstić information content (AvgIpc) is 2.60. The fraction of sp³-hybridized carbons (Fsp3) is 0.471. The summed E-state index contributed by atoms with van der Waals surface area (Å²) in [5, 5.41) is 4.61. The van der Waals surface area contributed by atoms with Crippen molar-refractivity contribution in [3.8, 4) is 0 Å². The summed E-state index contributed by atoms with van der Waals surface area (Å²) in [6, 6.07) is 6.55. The van der Waals surface area contributed by atoms with E-state index in [2.05, 4.69) is 10.6 Å². The van der Waals surface area contributed by atoms with Gasteiger partial charge in [-0.1, -0.05) is 12.1 Å². The molecule has 0 spiro atoms. The molecule has 1 fully saturated rings. The van der Waals surface area contributed by atoms with Crippen molar-refractivity contribution < 1.29 is 19.1 Å². The number of urea groups is 1. The van der Waals surface area contributed by atoms with Gasteiger partial charge < -0.3 is 10.1 Å². The molecule has 1 aromatic carbocycles. The number of rotatable bonds is 5. The summed E-state index contributed by atoms with van der Waals surface area (Å²) in [6.45, 7) is 3.05. The lowest BCUT2D eigenvalue weighted by atomic mass is 10.1. The first kappa shape index (κ1) is 19.7. The van der Waals surface area contributed by atoms with Crippen molar-refractivity contribution >= 4 is 41.4 Å². The monoisotopic (exact) mass is 382 g/mol. The molecule has 1 aliphatic heterocycles. The van der Waals surface area contributed by atoms with E-state index in [-0.39, 0.29) is 6.04 Å². The van der Waals surface area contributed by atoms with E-state index in [4.69, 9.17) is 4.74 Å². The Kier molecular flexibility index (Phi) is 7.64. The molecule has 1 saturated heterocycles. The third-order valence-corrected chi connectivity index (χ3v) is 6.27. The summed E-state index contributed by atoms with van der Waals surface area (Å²) < 4.78 is 5.35. The van der Waals surface area contributed by atoms with Gasteiger partial charge in [0.1, 0.15) is 0 Å². The van der Waals surface area contributed by atoms with Crippen LogP contribution in [0.4, 0.5) is 4.79 Å². The van der Waals surface area contributed by atoms with Crippen LogP contribution >= 0.6 is 23.5 Å². The van der Waals surface area contributed by atoms with Crippen molar-refractivity contribution in [3.63, 3.8) is 0 Å². The van der Waals surface area contributed by atoms with Crippen LogP contribution in [-0.4, -0.2) is 42.1 Å². The Morgan fingerprint density at radius 1 is 1.16 bits per heavy atom. The predicted octanol–water partition coefficient (Wildman–Crippen LogP) is 2.95. The summed E-state index contributed by atoms with van der Waals surface area (Å²) in [5.41, 5.74) is 1.56. The minimum absolute atomic E-state index is 0.0886. The van der Waals surface area contributed by atoms with E-state index in [1.807, 2.05) is 35.7 Å². The number of ether oxygens (including phenoxy) is 1. The number of hydrogen-bond acceptors (Lipinski definition) is 6. The first-order valence-corrected chi connectivity index (χ1v) is 10.2. The number of amides is 3. The largest absolute Gasteiger partial charge is 0.452 e. The minimum Gasteiger partial charge on any atom is -0.452 e. The summed E-state index contributed by atoms with van der Waals surface area (Å²) in [7, 11) is 0. The first-order valence-electron chi connectivity index (χ1n) is 8.06. The lowest BCUT2D eigenvalue weighted by molar-refractivity contribution is -0.123. The van der Waals surface area contributed by atoms with Crippen LogP contribution in [0, 0.1) is 0 Å². The molecule has 1 aromatic rings. The van der Waals surface area contributed by atoms with Crippen molar-refractivity contribution in [2.24, 2.45) is 0 Å². The number of carbonyl (C=O) groups excluding carboxylic acids is 3. The number of esters is 1. The Labute approximate surface area is 155 Å². The molecule has 0 aliphatic carbocycles. The van der Waals surface area contributed by atoms with Gasteiger partial charge in [0.2, 0.25) is 0 Å². The maximum absolute atomic E-state index is 12.0. The predicted molar refractivity (Wildman–Crippen MR) is 101 cm³/mol. The Hall–Kier alpha value is -1.67. The van der Waals surface area contributed by atoms with Gasteiger partial charge in [-0.15, -0.1) is 23.5 Å². The number of benzene rings is 1. The summed E-state index contributed by atoms with van der Waals surface area (Å²) in [4.78, 5) is 34.9. The van der Waals surface area contributed by atoms with Crippen molar-refractivity contribution in [1.82, 2.24) is 10.6 Å². The second-order valence-electron chi connectivity index (χ2n) is 5.80. The number of imide groups is 1. The maximum Gasteiger partial charge on any atom is 0.338 e. The lowest BCUT2D eigenvalue weighted by Gasteiger charge is -2.21. The van der Waals surface area contributed by atoms with Crippen LogP contribution in [0.5, 0.6) is 0 Å². The standard InChI is InChI=1S/C17H22N2O4S2/c1-11(2)18-17(22)19-14(20)10-23-15(21)12-4-6-13(7-5-12)16-24-8-3-9-25-16/h4-7,11,16H,3,8-10H2,1-2H3,(H2,18,19,20,22). The number of hydrogen-bond donors (Lipinski definition) is 2. The fourth-order valence-electron chi connectivity index (χ4n) is 2.13. The lowest BCUT2D eigenvalue weighted by Crippen LogP contribution is -2.44. The van der Waals surface area contributed by atoms with Gasteiger partial charge in [0.05, 0.1) is 10.1 Å². The molecule has 0 radical (unpaired) electrons. The minimum atomic E-state index is -0.668. The molecule has 0 saturated carbocycles. The Morgan fingerprint density at radius 3 is 2.40 bits per heavy atom. The highest BCUT2D eigenvalue weighted by atomic mass is 32.2. The van der Waals surface area contributed by atoms with E-state index >= 15 is 0 Å². The highest BCUT2D eigenvalue weighted by molar-refractivity contribution is 8.16. The Morgan fingerprint density at radius 2 is 1.80 bits per heavy atom. The summed E-state index contributed by atoms with van der Waals surface area (Å²) in [5.74, 6) is 1.05. The van der Waals surface area contributed by atoms with Gasteiger partial charge in [-0.25, -0.2) is 9.59 Å². The van der Waals surface area contributed by atoms with Gasteiger partial charge in [0.15, 0.2) is 6.61 Å². The molecule has 3 amide bonds. The maximum atomic E-state index is 12.0. The van der Waals surface area contributed by atoms with Crippen LogP contribution in [-0.2, 0) is 9.53 Å². The molecule has 2 N–H and O–H groups in total. The first-order chi connectivity index (χ1) is 12.0. The smallest absolute Gasteiger partial charge is 0.338 e. The second-order valence-corrected chi connectivity index (χ2v) is 8.53. The fourth-order valence-corrected chi connectivity index (χ4v) is 5.03. The molecule has 8 heteroatoms. The third kappa shape index (κ3) is 6.62. The molecular weight excluding hydrogens is 360 g/mol. The van der Waals surface area contributed by atoms with Crippen molar-refractivity contribution in [2.75, 3.05) is 18.1 Å². The van der Waals surface area contributed by atoms with Crippen molar-refractivity contribution in [2.45, 2.75) is 30.9 Å². The van der Waals surface area contributed by atoms with Gasteiger partial charge in [-0.3, -0.25) is 10.1 Å². The van der Waals surface area contributed by atoms with E-state index in [9.17, 15) is 14.4 Å². The van der Waals surface area contributed by atoms with Crippen LogP contribution in [0.15, 0.2) is 24.3 Å². The van der Waals surface area contributed by atoms with Crippen LogP contribution in [0.1, 0.15) is 40.8 Å². The average molecular weight is 383 g/mol. The molecule has 25 heavy (non-hydrogen) atoms. The summed E-state index contributed by atoms with van der Waals surface area (Å²) in [6.07, 6.45) is 1.23. The second kappa shape index (κ2) is 9.72. The summed E-state index contributed by atoms with van der Waals surface area (Å²) >= 11 is 3.82. The third-order valence-electron chi connectivity index (χ3n) is 3.25. The van der Waals surface area contributed by atoms with E-state index < -0.39 is 24.5 Å². The zero-order chi connectivity index (χ0) is 18.2. The highest BCUT2D eigenvalue weighted by Gasteiger charge is 2.18. The van der Waals surface area contributed by atoms with Crippen LogP contribution < -0.4 is 10.6 Å².